The van der Waals surface area contributed by atoms with Crippen LogP contribution in [0.1, 0.15) is 10.4 Å². The molecule has 0 amide bonds. The molecular weight excluding hydrogens is 298 g/mol. The van der Waals surface area contributed by atoms with Crippen LogP contribution < -0.4 is 4.84 Å². The van der Waals surface area contributed by atoms with Gasteiger partial charge in [0.1, 0.15) is 6.33 Å². The molecule has 0 aliphatic heterocycles. The molecule has 0 saturated carbocycles. The molecule has 0 N–H and O–H groups in total. The monoisotopic (exact) mass is 309 g/mol. The highest BCUT2D eigenvalue weighted by molar-refractivity contribution is 5.89. The molecular formula is C16H11N3O4. The zero-order valence-electron chi connectivity index (χ0n) is 11.8. The van der Waals surface area contributed by atoms with Crippen molar-refractivity contribution in [2.75, 3.05) is 0 Å². The molecule has 0 spiro atoms. The predicted octanol–water partition coefficient (Wildman–Crippen LogP) is 2.73. The number of nitrogens with zero attached hydrogens (tertiary/aromatic N) is 3. The van der Waals surface area contributed by atoms with Crippen molar-refractivity contribution in [2.24, 2.45) is 0 Å². The van der Waals surface area contributed by atoms with E-state index in [1.807, 2.05) is 30.3 Å². The summed E-state index contributed by atoms with van der Waals surface area (Å²) < 4.78 is 1.20. The Morgan fingerprint density at radius 2 is 1.78 bits per heavy atom. The molecule has 0 aliphatic carbocycles. The van der Waals surface area contributed by atoms with Gasteiger partial charge in [0.15, 0.2) is 0 Å². The van der Waals surface area contributed by atoms with Crippen LogP contribution in [0.2, 0.25) is 0 Å². The summed E-state index contributed by atoms with van der Waals surface area (Å²) in [5.41, 5.74) is 1.70. The highest BCUT2D eigenvalue weighted by atomic mass is 16.7. The largest absolute Gasteiger partial charge is 0.363 e. The van der Waals surface area contributed by atoms with Crippen molar-refractivity contribution in [1.82, 2.24) is 9.71 Å². The number of carbonyl (C=O) groups excluding carboxylic acids is 1. The minimum atomic E-state index is -0.628. The second-order valence-corrected chi connectivity index (χ2v) is 4.67. The number of aromatic nitrogens is 2. The van der Waals surface area contributed by atoms with E-state index in [9.17, 15) is 14.9 Å². The van der Waals surface area contributed by atoms with Crippen molar-refractivity contribution in [3.8, 4) is 11.3 Å². The third kappa shape index (κ3) is 3.24. The minimum absolute atomic E-state index is 0.0875. The molecule has 3 rings (SSSR count). The second-order valence-electron chi connectivity index (χ2n) is 4.67. The highest BCUT2D eigenvalue weighted by Gasteiger charge is 2.12. The van der Waals surface area contributed by atoms with E-state index in [0.717, 1.165) is 5.56 Å². The van der Waals surface area contributed by atoms with E-state index in [4.69, 9.17) is 4.84 Å². The van der Waals surface area contributed by atoms with Crippen LogP contribution in [0.3, 0.4) is 0 Å². The maximum absolute atomic E-state index is 12.0. The lowest BCUT2D eigenvalue weighted by Crippen LogP contribution is -2.18. The predicted molar refractivity (Wildman–Crippen MR) is 81.7 cm³/mol. The molecule has 1 aromatic heterocycles. The van der Waals surface area contributed by atoms with E-state index < -0.39 is 10.9 Å². The number of non-ortho nitro benzene ring substituents is 1. The van der Waals surface area contributed by atoms with Gasteiger partial charge in [-0.2, -0.15) is 4.73 Å². The Morgan fingerprint density at radius 3 is 2.43 bits per heavy atom. The van der Waals surface area contributed by atoms with Crippen molar-refractivity contribution in [2.45, 2.75) is 0 Å². The van der Waals surface area contributed by atoms with Gasteiger partial charge in [0.05, 0.1) is 22.4 Å². The van der Waals surface area contributed by atoms with Crippen LogP contribution in [0.5, 0.6) is 0 Å². The molecule has 114 valence electrons. The van der Waals surface area contributed by atoms with E-state index in [1.54, 1.807) is 6.20 Å². The van der Waals surface area contributed by atoms with Crippen molar-refractivity contribution in [3.05, 3.63) is 82.8 Å². The first-order valence-electron chi connectivity index (χ1n) is 6.70. The van der Waals surface area contributed by atoms with Crippen molar-refractivity contribution in [1.29, 1.82) is 0 Å². The minimum Gasteiger partial charge on any atom is -0.330 e. The van der Waals surface area contributed by atoms with Gasteiger partial charge in [0, 0.05) is 17.7 Å². The SMILES string of the molecule is O=C(On1cnc(-c2ccccc2)c1)c1ccc([N+](=O)[O-])cc1. The van der Waals surface area contributed by atoms with Crippen LogP contribution in [0, 0.1) is 10.1 Å². The van der Waals surface area contributed by atoms with E-state index in [-0.39, 0.29) is 11.3 Å². The normalized spacial score (nSPS) is 10.3. The van der Waals surface area contributed by atoms with Gasteiger partial charge in [-0.15, -0.1) is 0 Å². The first kappa shape index (κ1) is 14.5. The molecule has 0 unspecified atom stereocenters. The number of hydrogen-bond donors (Lipinski definition) is 0. The summed E-state index contributed by atoms with van der Waals surface area (Å²) in [7, 11) is 0. The van der Waals surface area contributed by atoms with Gasteiger partial charge >= 0.3 is 5.97 Å². The van der Waals surface area contributed by atoms with Crippen LogP contribution in [0.15, 0.2) is 67.1 Å². The Bertz CT molecular complexity index is 841. The summed E-state index contributed by atoms with van der Waals surface area (Å²) in [5, 5.41) is 10.6. The third-order valence-corrected chi connectivity index (χ3v) is 3.13. The lowest BCUT2D eigenvalue weighted by molar-refractivity contribution is -0.384. The second kappa shape index (κ2) is 6.10. The average Bonchev–Trinajstić information content (AvgIpc) is 3.04. The van der Waals surface area contributed by atoms with Crippen LogP contribution in [-0.4, -0.2) is 20.6 Å². The van der Waals surface area contributed by atoms with E-state index in [2.05, 4.69) is 4.98 Å². The standard InChI is InChI=1S/C16H11N3O4/c20-16(13-6-8-14(9-7-13)19(21)22)23-18-10-15(17-11-18)12-4-2-1-3-5-12/h1-11H. The molecule has 7 nitrogen and oxygen atoms in total. The molecule has 1 heterocycles. The lowest BCUT2D eigenvalue weighted by Gasteiger charge is -2.03. The molecule has 7 heteroatoms. The number of nitro groups is 1. The van der Waals surface area contributed by atoms with Crippen LogP contribution in [0.25, 0.3) is 11.3 Å². The fourth-order valence-electron chi connectivity index (χ4n) is 1.98. The number of carbonyl (C=O) groups is 1. The fraction of sp³-hybridized carbons (Fsp3) is 0. The molecule has 0 aliphatic rings. The van der Waals surface area contributed by atoms with Gasteiger partial charge in [-0.25, -0.2) is 9.78 Å². The zero-order chi connectivity index (χ0) is 16.2. The van der Waals surface area contributed by atoms with Gasteiger partial charge in [-0.05, 0) is 12.1 Å². The van der Waals surface area contributed by atoms with Crippen molar-refractivity contribution in [3.63, 3.8) is 0 Å². The Labute approximate surface area is 130 Å². The quantitative estimate of drug-likeness (QED) is 0.546. The van der Waals surface area contributed by atoms with Crippen LogP contribution in [0.4, 0.5) is 5.69 Å². The first-order valence-corrected chi connectivity index (χ1v) is 6.70. The number of imidazole rings is 1. The number of rotatable bonds is 4. The van der Waals surface area contributed by atoms with Gasteiger partial charge < -0.3 is 4.84 Å². The third-order valence-electron chi connectivity index (χ3n) is 3.13. The Kier molecular flexibility index (Phi) is 3.84. The van der Waals surface area contributed by atoms with E-state index >= 15 is 0 Å². The summed E-state index contributed by atoms with van der Waals surface area (Å²) in [5.74, 6) is -0.628. The van der Waals surface area contributed by atoms with Gasteiger partial charge in [0.25, 0.3) is 5.69 Å². The van der Waals surface area contributed by atoms with E-state index in [0.29, 0.717) is 5.69 Å². The summed E-state index contributed by atoms with van der Waals surface area (Å²) in [6.07, 6.45) is 2.96. The maximum atomic E-state index is 12.0. The van der Waals surface area contributed by atoms with Gasteiger partial charge in [-0.1, -0.05) is 30.3 Å². The molecule has 3 aromatic rings. The molecule has 0 radical (unpaired) electrons. The summed E-state index contributed by atoms with van der Waals surface area (Å²) in [4.78, 5) is 31.4. The summed E-state index contributed by atoms with van der Waals surface area (Å²) >= 11 is 0. The van der Waals surface area contributed by atoms with E-state index in [1.165, 1.54) is 35.3 Å². The van der Waals surface area contributed by atoms with Gasteiger partial charge in [0.2, 0.25) is 0 Å². The highest BCUT2D eigenvalue weighted by Crippen LogP contribution is 2.16. The zero-order valence-corrected chi connectivity index (χ0v) is 11.8. The van der Waals surface area contributed by atoms with Crippen LogP contribution >= 0.6 is 0 Å². The maximum Gasteiger partial charge on any atom is 0.363 e. The summed E-state index contributed by atoms with van der Waals surface area (Å²) in [6, 6.07) is 14.6. The molecule has 2 aromatic carbocycles. The Morgan fingerprint density at radius 1 is 1.09 bits per heavy atom. The Hall–Kier alpha value is -3.48. The summed E-state index contributed by atoms with van der Waals surface area (Å²) in [6.45, 7) is 0. The first-order chi connectivity index (χ1) is 11.1. The molecule has 0 saturated heterocycles. The average molecular weight is 309 g/mol. The molecule has 23 heavy (non-hydrogen) atoms. The number of hydrogen-bond acceptors (Lipinski definition) is 5. The van der Waals surface area contributed by atoms with Gasteiger partial charge in [-0.3, -0.25) is 10.1 Å². The van der Waals surface area contributed by atoms with Crippen molar-refractivity contribution >= 4 is 11.7 Å². The molecule has 0 bridgehead atoms. The van der Waals surface area contributed by atoms with Crippen molar-refractivity contribution < 1.29 is 14.6 Å². The topological polar surface area (TPSA) is 87.3 Å². The Balaban J connectivity index is 1.73. The number of benzene rings is 2. The lowest BCUT2D eigenvalue weighted by atomic mass is 10.2. The number of nitro benzene ring substituents is 1. The molecule has 0 fully saturated rings. The molecule has 0 atom stereocenters. The van der Waals surface area contributed by atoms with Crippen LogP contribution in [-0.2, 0) is 0 Å². The smallest absolute Gasteiger partial charge is 0.330 e. The fourth-order valence-corrected chi connectivity index (χ4v) is 1.98.